The number of benzene rings is 2. The third-order valence-corrected chi connectivity index (χ3v) is 4.95. The van der Waals surface area contributed by atoms with Crippen LogP contribution in [0, 0.1) is 0 Å². The SMILES string of the molecule is O=C(Nc1ccc(NC(=O)c2ccc(Cl)cc2N2CCCC2=O)cc1)c1ccco1. The maximum Gasteiger partial charge on any atom is 0.291 e. The highest BCUT2D eigenvalue weighted by Gasteiger charge is 2.26. The topological polar surface area (TPSA) is 91.7 Å². The van der Waals surface area contributed by atoms with Crippen LogP contribution in [0.15, 0.2) is 65.3 Å². The Morgan fingerprint density at radius 3 is 2.27 bits per heavy atom. The Kier molecular flexibility index (Phi) is 5.54. The molecule has 152 valence electrons. The fourth-order valence-electron chi connectivity index (χ4n) is 3.26. The number of carbonyl (C=O) groups excluding carboxylic acids is 3. The van der Waals surface area contributed by atoms with E-state index in [2.05, 4.69) is 10.6 Å². The Balaban J connectivity index is 1.48. The van der Waals surface area contributed by atoms with E-state index in [4.69, 9.17) is 16.0 Å². The van der Waals surface area contributed by atoms with E-state index in [1.807, 2.05) is 0 Å². The van der Waals surface area contributed by atoms with Gasteiger partial charge >= 0.3 is 0 Å². The van der Waals surface area contributed by atoms with E-state index < -0.39 is 0 Å². The number of carbonyl (C=O) groups is 3. The number of nitrogens with one attached hydrogen (secondary N) is 2. The van der Waals surface area contributed by atoms with Crippen LogP contribution in [0.1, 0.15) is 33.8 Å². The van der Waals surface area contributed by atoms with Gasteiger partial charge in [-0.3, -0.25) is 14.4 Å². The van der Waals surface area contributed by atoms with Crippen LogP contribution in [0.4, 0.5) is 17.1 Å². The minimum absolute atomic E-state index is 0.0250. The summed E-state index contributed by atoms with van der Waals surface area (Å²) in [6.07, 6.45) is 2.63. The number of furan rings is 1. The molecular weight excluding hydrogens is 406 g/mol. The molecule has 0 saturated carbocycles. The molecule has 0 bridgehead atoms. The number of hydrogen-bond donors (Lipinski definition) is 2. The Bertz CT molecular complexity index is 1090. The van der Waals surface area contributed by atoms with Crippen LogP contribution in [0.25, 0.3) is 0 Å². The molecule has 1 aliphatic heterocycles. The molecule has 2 aromatic carbocycles. The first-order chi connectivity index (χ1) is 14.5. The third-order valence-electron chi connectivity index (χ3n) is 4.71. The highest BCUT2D eigenvalue weighted by atomic mass is 35.5. The van der Waals surface area contributed by atoms with Crippen LogP contribution >= 0.6 is 11.6 Å². The summed E-state index contributed by atoms with van der Waals surface area (Å²) in [6, 6.07) is 14.7. The molecule has 8 heteroatoms. The summed E-state index contributed by atoms with van der Waals surface area (Å²) in [7, 11) is 0. The van der Waals surface area contributed by atoms with Crippen molar-refractivity contribution in [2.75, 3.05) is 22.1 Å². The third kappa shape index (κ3) is 4.21. The van der Waals surface area contributed by atoms with Gasteiger partial charge in [-0.2, -0.15) is 0 Å². The Morgan fingerprint density at radius 2 is 1.67 bits per heavy atom. The largest absolute Gasteiger partial charge is 0.459 e. The van der Waals surface area contributed by atoms with Crippen molar-refractivity contribution in [3.63, 3.8) is 0 Å². The maximum atomic E-state index is 12.9. The Morgan fingerprint density at radius 1 is 0.967 bits per heavy atom. The summed E-state index contributed by atoms with van der Waals surface area (Å²) in [5.74, 6) is -0.534. The molecule has 0 spiro atoms. The fourth-order valence-corrected chi connectivity index (χ4v) is 3.43. The van der Waals surface area contributed by atoms with Gasteiger partial charge in [-0.05, 0) is 61.0 Å². The van der Waals surface area contributed by atoms with Gasteiger partial charge in [-0.25, -0.2) is 0 Å². The van der Waals surface area contributed by atoms with Crippen molar-refractivity contribution in [2.45, 2.75) is 12.8 Å². The number of amides is 3. The van der Waals surface area contributed by atoms with Gasteiger partial charge in [0.05, 0.1) is 17.5 Å². The predicted molar refractivity (Wildman–Crippen MR) is 114 cm³/mol. The van der Waals surface area contributed by atoms with E-state index in [9.17, 15) is 14.4 Å². The van der Waals surface area contributed by atoms with Gasteiger partial charge in [0.1, 0.15) is 0 Å². The lowest BCUT2D eigenvalue weighted by atomic mass is 10.1. The Labute approximate surface area is 177 Å². The lowest BCUT2D eigenvalue weighted by molar-refractivity contribution is -0.117. The molecule has 1 aliphatic rings. The summed E-state index contributed by atoms with van der Waals surface area (Å²) < 4.78 is 5.06. The molecule has 0 aliphatic carbocycles. The molecular formula is C22H18ClN3O4. The monoisotopic (exact) mass is 423 g/mol. The molecule has 3 aromatic rings. The number of halogens is 1. The van der Waals surface area contributed by atoms with Gasteiger partial charge in [-0.1, -0.05) is 11.6 Å². The summed E-state index contributed by atoms with van der Waals surface area (Å²) in [5, 5.41) is 5.98. The van der Waals surface area contributed by atoms with Crippen LogP contribution in [0.5, 0.6) is 0 Å². The van der Waals surface area contributed by atoms with Gasteiger partial charge < -0.3 is 20.0 Å². The minimum Gasteiger partial charge on any atom is -0.459 e. The normalized spacial score (nSPS) is 13.4. The molecule has 2 heterocycles. The first kappa shape index (κ1) is 19.7. The van der Waals surface area contributed by atoms with E-state index in [-0.39, 0.29) is 23.5 Å². The quantitative estimate of drug-likeness (QED) is 0.629. The summed E-state index contributed by atoms with van der Waals surface area (Å²) in [5.41, 5.74) is 1.98. The van der Waals surface area contributed by atoms with Gasteiger partial charge in [0, 0.05) is 29.4 Å². The van der Waals surface area contributed by atoms with E-state index in [0.717, 1.165) is 6.42 Å². The van der Waals surface area contributed by atoms with E-state index >= 15 is 0 Å². The highest BCUT2D eigenvalue weighted by molar-refractivity contribution is 6.31. The second kappa shape index (κ2) is 8.42. The van der Waals surface area contributed by atoms with Crippen LogP contribution < -0.4 is 15.5 Å². The van der Waals surface area contributed by atoms with Crippen LogP contribution in [0.3, 0.4) is 0 Å². The second-order valence-corrected chi connectivity index (χ2v) is 7.21. The van der Waals surface area contributed by atoms with Crippen molar-refractivity contribution in [1.82, 2.24) is 0 Å². The number of hydrogen-bond acceptors (Lipinski definition) is 4. The molecule has 0 unspecified atom stereocenters. The van der Waals surface area contributed by atoms with E-state index in [0.29, 0.717) is 40.6 Å². The lowest BCUT2D eigenvalue weighted by Gasteiger charge is -2.20. The second-order valence-electron chi connectivity index (χ2n) is 6.77. The smallest absolute Gasteiger partial charge is 0.291 e. The average Bonchev–Trinajstić information content (AvgIpc) is 3.41. The zero-order chi connectivity index (χ0) is 21.1. The van der Waals surface area contributed by atoms with Gasteiger partial charge in [0.25, 0.3) is 11.8 Å². The van der Waals surface area contributed by atoms with Crippen molar-refractivity contribution in [1.29, 1.82) is 0 Å². The Hall–Kier alpha value is -3.58. The fraction of sp³-hybridized carbons (Fsp3) is 0.136. The zero-order valence-electron chi connectivity index (χ0n) is 15.9. The predicted octanol–water partition coefficient (Wildman–Crippen LogP) is 4.56. The molecule has 1 saturated heterocycles. The molecule has 1 fully saturated rings. The maximum absolute atomic E-state index is 12.9. The standard InChI is InChI=1S/C22H18ClN3O4/c23-14-5-10-17(18(13-14)26-11-1-4-20(26)27)21(28)24-15-6-8-16(9-7-15)25-22(29)19-3-2-12-30-19/h2-3,5-10,12-13H,1,4,11H2,(H,24,28)(H,25,29). The first-order valence-electron chi connectivity index (χ1n) is 9.37. The molecule has 0 radical (unpaired) electrons. The first-order valence-corrected chi connectivity index (χ1v) is 9.75. The number of anilines is 3. The van der Waals surface area contributed by atoms with Gasteiger partial charge in [0.2, 0.25) is 5.91 Å². The van der Waals surface area contributed by atoms with Crippen molar-refractivity contribution >= 4 is 46.4 Å². The van der Waals surface area contributed by atoms with Crippen molar-refractivity contribution in [3.8, 4) is 0 Å². The molecule has 1 aromatic heterocycles. The van der Waals surface area contributed by atoms with E-state index in [1.165, 1.54) is 6.26 Å². The molecule has 0 atom stereocenters. The minimum atomic E-state index is -0.363. The molecule has 3 amide bonds. The average molecular weight is 424 g/mol. The van der Waals surface area contributed by atoms with E-state index in [1.54, 1.807) is 59.5 Å². The van der Waals surface area contributed by atoms with Gasteiger partial charge in [0.15, 0.2) is 5.76 Å². The van der Waals surface area contributed by atoms with Gasteiger partial charge in [-0.15, -0.1) is 0 Å². The number of nitrogens with zero attached hydrogens (tertiary/aromatic N) is 1. The van der Waals surface area contributed by atoms with Crippen LogP contribution in [-0.4, -0.2) is 24.3 Å². The zero-order valence-corrected chi connectivity index (χ0v) is 16.6. The summed E-state index contributed by atoms with van der Waals surface area (Å²) >= 11 is 6.09. The molecule has 7 nitrogen and oxygen atoms in total. The molecule has 2 N–H and O–H groups in total. The summed E-state index contributed by atoms with van der Waals surface area (Å²) in [4.78, 5) is 38.6. The summed E-state index contributed by atoms with van der Waals surface area (Å²) in [6.45, 7) is 0.559. The van der Waals surface area contributed by atoms with Crippen molar-refractivity contribution < 1.29 is 18.8 Å². The van der Waals surface area contributed by atoms with Crippen LogP contribution in [0.2, 0.25) is 5.02 Å². The van der Waals surface area contributed by atoms with Crippen LogP contribution in [-0.2, 0) is 4.79 Å². The lowest BCUT2D eigenvalue weighted by Crippen LogP contribution is -2.27. The number of rotatable bonds is 5. The van der Waals surface area contributed by atoms with Crippen molar-refractivity contribution in [2.24, 2.45) is 0 Å². The van der Waals surface area contributed by atoms with Crippen molar-refractivity contribution in [3.05, 3.63) is 77.2 Å². The molecule has 30 heavy (non-hydrogen) atoms. The molecule has 4 rings (SSSR count). The highest BCUT2D eigenvalue weighted by Crippen LogP contribution is 2.29.